The molecular weight excluding hydrogens is 196 g/mol. The predicted molar refractivity (Wildman–Crippen MR) is 69.6 cm³/mol. The van der Waals surface area contributed by atoms with Gasteiger partial charge in [0.15, 0.2) is 0 Å². The smallest absolute Gasteiger partial charge is 0.00970 e. The zero-order chi connectivity index (χ0) is 11.6. The first-order chi connectivity index (χ1) is 7.58. The normalized spacial score (nSPS) is 33.6. The zero-order valence-electron chi connectivity index (χ0n) is 11.2. The molecule has 2 aliphatic carbocycles. The minimum atomic E-state index is 0.259. The molecule has 0 aromatic carbocycles. The number of rotatable bonds is 5. The molecule has 2 fully saturated rings. The fraction of sp³-hybridized carbons (Fsp3) is 1.00. The van der Waals surface area contributed by atoms with E-state index in [1.165, 1.54) is 32.2 Å². The van der Waals surface area contributed by atoms with Crippen LogP contribution in [-0.2, 0) is 0 Å². The van der Waals surface area contributed by atoms with Crippen LogP contribution in [0.25, 0.3) is 0 Å². The zero-order valence-corrected chi connectivity index (χ0v) is 11.2. The molecule has 2 atom stereocenters. The second kappa shape index (κ2) is 5.05. The van der Waals surface area contributed by atoms with Gasteiger partial charge in [-0.2, -0.15) is 0 Å². The van der Waals surface area contributed by atoms with Crippen LogP contribution in [0.15, 0.2) is 0 Å². The second-order valence-corrected chi connectivity index (χ2v) is 6.66. The number of nitrogens with one attached hydrogen (secondary N) is 2. The molecule has 2 nitrogen and oxygen atoms in total. The molecule has 0 amide bonds. The van der Waals surface area contributed by atoms with Crippen molar-refractivity contribution in [3.63, 3.8) is 0 Å². The Bertz CT molecular complexity index is 207. The molecule has 2 rings (SSSR count). The lowest BCUT2D eigenvalue weighted by Crippen LogP contribution is -2.40. The van der Waals surface area contributed by atoms with E-state index in [9.17, 15) is 0 Å². The van der Waals surface area contributed by atoms with Gasteiger partial charge in [-0.05, 0) is 57.9 Å². The number of hydrogen-bond donors (Lipinski definition) is 2. The Morgan fingerprint density at radius 3 is 2.19 bits per heavy atom. The largest absolute Gasteiger partial charge is 0.315 e. The Balaban J connectivity index is 1.50. The van der Waals surface area contributed by atoms with E-state index in [0.29, 0.717) is 0 Å². The first-order valence-electron chi connectivity index (χ1n) is 7.04. The third kappa shape index (κ3) is 3.46. The van der Waals surface area contributed by atoms with Gasteiger partial charge in [-0.3, -0.25) is 0 Å². The van der Waals surface area contributed by atoms with E-state index >= 15 is 0 Å². The summed E-state index contributed by atoms with van der Waals surface area (Å²) in [5.41, 5.74) is 0.259. The van der Waals surface area contributed by atoms with Crippen LogP contribution in [0.3, 0.4) is 0 Å². The molecule has 2 aliphatic rings. The third-order valence-corrected chi connectivity index (χ3v) is 4.17. The Hall–Kier alpha value is -0.0800. The lowest BCUT2D eigenvalue weighted by atomic mass is 10.0. The van der Waals surface area contributed by atoms with Gasteiger partial charge < -0.3 is 10.6 Å². The molecule has 0 aromatic rings. The van der Waals surface area contributed by atoms with Crippen LogP contribution in [0.4, 0.5) is 0 Å². The first-order valence-corrected chi connectivity index (χ1v) is 7.04. The van der Waals surface area contributed by atoms with E-state index in [0.717, 1.165) is 30.8 Å². The van der Waals surface area contributed by atoms with Crippen LogP contribution < -0.4 is 10.6 Å². The van der Waals surface area contributed by atoms with Gasteiger partial charge in [0.05, 0.1) is 0 Å². The van der Waals surface area contributed by atoms with Gasteiger partial charge in [-0.15, -0.1) is 0 Å². The summed E-state index contributed by atoms with van der Waals surface area (Å²) in [5.74, 6) is 3.21. The molecule has 2 saturated carbocycles. The Labute approximate surface area is 101 Å². The molecule has 0 aliphatic heterocycles. The monoisotopic (exact) mass is 224 g/mol. The van der Waals surface area contributed by atoms with Crippen molar-refractivity contribution in [2.45, 2.75) is 52.0 Å². The predicted octanol–water partition coefficient (Wildman–Crippen LogP) is 2.40. The summed E-state index contributed by atoms with van der Waals surface area (Å²) in [6.45, 7) is 10.1. The SMILES string of the molecule is CC(C)(C)NCCNCC1C2CCCCC21. The average molecular weight is 224 g/mol. The molecule has 0 bridgehead atoms. The van der Waals surface area contributed by atoms with Gasteiger partial charge in [0.1, 0.15) is 0 Å². The molecule has 16 heavy (non-hydrogen) atoms. The van der Waals surface area contributed by atoms with E-state index in [4.69, 9.17) is 0 Å². The van der Waals surface area contributed by atoms with E-state index < -0.39 is 0 Å². The van der Waals surface area contributed by atoms with Gasteiger partial charge in [-0.25, -0.2) is 0 Å². The molecule has 0 saturated heterocycles. The molecule has 0 radical (unpaired) electrons. The van der Waals surface area contributed by atoms with Crippen molar-refractivity contribution in [2.24, 2.45) is 17.8 Å². The quantitative estimate of drug-likeness (QED) is 0.701. The molecule has 94 valence electrons. The van der Waals surface area contributed by atoms with Gasteiger partial charge in [0.25, 0.3) is 0 Å². The van der Waals surface area contributed by atoms with Crippen LogP contribution in [0.5, 0.6) is 0 Å². The minimum Gasteiger partial charge on any atom is -0.315 e. The standard InChI is InChI=1S/C14H28N2/c1-14(2,3)16-9-8-15-10-13-11-6-4-5-7-12(11)13/h11-13,15-16H,4-10H2,1-3H3. The van der Waals surface area contributed by atoms with Crippen molar-refractivity contribution in [3.05, 3.63) is 0 Å². The Kier molecular flexibility index (Phi) is 3.91. The van der Waals surface area contributed by atoms with Gasteiger partial charge in [0.2, 0.25) is 0 Å². The molecule has 2 unspecified atom stereocenters. The van der Waals surface area contributed by atoms with Gasteiger partial charge in [-0.1, -0.05) is 12.8 Å². The highest BCUT2D eigenvalue weighted by Crippen LogP contribution is 2.54. The van der Waals surface area contributed by atoms with Gasteiger partial charge >= 0.3 is 0 Å². The highest BCUT2D eigenvalue weighted by Gasteiger charge is 2.49. The summed E-state index contributed by atoms with van der Waals surface area (Å²) in [4.78, 5) is 0. The second-order valence-electron chi connectivity index (χ2n) is 6.66. The summed E-state index contributed by atoms with van der Waals surface area (Å²) in [7, 11) is 0. The van der Waals surface area contributed by atoms with E-state index in [1.54, 1.807) is 0 Å². The summed E-state index contributed by atoms with van der Waals surface area (Å²) in [5, 5.41) is 7.13. The van der Waals surface area contributed by atoms with Crippen molar-refractivity contribution in [3.8, 4) is 0 Å². The fourth-order valence-electron chi connectivity index (χ4n) is 3.24. The van der Waals surface area contributed by atoms with Crippen LogP contribution in [0.2, 0.25) is 0 Å². The molecule has 0 aromatic heterocycles. The van der Waals surface area contributed by atoms with Crippen LogP contribution in [-0.4, -0.2) is 25.2 Å². The van der Waals surface area contributed by atoms with Gasteiger partial charge in [0, 0.05) is 18.6 Å². The van der Waals surface area contributed by atoms with Crippen LogP contribution >= 0.6 is 0 Å². The maximum atomic E-state index is 3.61. The lowest BCUT2D eigenvalue weighted by molar-refractivity contribution is 0.419. The van der Waals surface area contributed by atoms with E-state index in [-0.39, 0.29) is 5.54 Å². The highest BCUT2D eigenvalue weighted by molar-refractivity contribution is 4.99. The number of fused-ring (bicyclic) bond motifs is 1. The summed E-state index contributed by atoms with van der Waals surface area (Å²) in [6, 6.07) is 0. The Morgan fingerprint density at radius 2 is 1.62 bits per heavy atom. The minimum absolute atomic E-state index is 0.259. The highest BCUT2D eigenvalue weighted by atomic mass is 15.0. The van der Waals surface area contributed by atoms with Crippen molar-refractivity contribution in [2.75, 3.05) is 19.6 Å². The summed E-state index contributed by atoms with van der Waals surface area (Å²) < 4.78 is 0. The summed E-state index contributed by atoms with van der Waals surface area (Å²) in [6.07, 6.45) is 6.00. The van der Waals surface area contributed by atoms with Crippen molar-refractivity contribution >= 4 is 0 Å². The van der Waals surface area contributed by atoms with E-state index in [2.05, 4.69) is 31.4 Å². The fourth-order valence-corrected chi connectivity index (χ4v) is 3.24. The van der Waals surface area contributed by atoms with Crippen LogP contribution in [0.1, 0.15) is 46.5 Å². The lowest BCUT2D eigenvalue weighted by Gasteiger charge is -2.20. The molecule has 0 spiro atoms. The average Bonchev–Trinajstić information content (AvgIpc) is 2.90. The summed E-state index contributed by atoms with van der Waals surface area (Å²) >= 11 is 0. The Morgan fingerprint density at radius 1 is 1.00 bits per heavy atom. The first kappa shape index (κ1) is 12.4. The molecule has 2 N–H and O–H groups in total. The van der Waals surface area contributed by atoms with E-state index in [1.807, 2.05) is 0 Å². The molecule has 2 heteroatoms. The van der Waals surface area contributed by atoms with Crippen molar-refractivity contribution in [1.82, 2.24) is 10.6 Å². The topological polar surface area (TPSA) is 24.1 Å². The maximum absolute atomic E-state index is 3.61. The third-order valence-electron chi connectivity index (χ3n) is 4.17. The molecular formula is C14H28N2. The van der Waals surface area contributed by atoms with Crippen molar-refractivity contribution in [1.29, 1.82) is 0 Å². The molecule has 0 heterocycles. The maximum Gasteiger partial charge on any atom is 0.00970 e. The number of hydrogen-bond acceptors (Lipinski definition) is 2. The van der Waals surface area contributed by atoms with Crippen LogP contribution in [0, 0.1) is 17.8 Å². The van der Waals surface area contributed by atoms with Crippen molar-refractivity contribution < 1.29 is 0 Å².